The maximum absolute atomic E-state index is 9.75. The van der Waals surface area contributed by atoms with Crippen LogP contribution in [0.15, 0.2) is 0 Å². The molecule has 0 aromatic heterocycles. The van der Waals surface area contributed by atoms with E-state index in [1.165, 1.54) is 0 Å². The first-order valence-corrected chi connectivity index (χ1v) is 4.56. The molecule has 0 saturated heterocycles. The summed E-state index contributed by atoms with van der Waals surface area (Å²) >= 11 is -0.473. The van der Waals surface area contributed by atoms with Crippen LogP contribution in [0.3, 0.4) is 0 Å². The molecule has 0 radical (unpaired) electrons. The van der Waals surface area contributed by atoms with Crippen molar-refractivity contribution in [2.45, 2.75) is 0 Å². The van der Waals surface area contributed by atoms with Gasteiger partial charge < -0.3 is 4.55 Å². The van der Waals surface area contributed by atoms with E-state index >= 15 is 0 Å². The molecule has 0 bridgehead atoms. The lowest BCUT2D eigenvalue weighted by Gasteiger charge is -2.03. The molecule has 3 nitrogen and oxygen atoms in total. The zero-order valence-corrected chi connectivity index (χ0v) is 6.18. The Hall–Kier alpha value is 0.420. The van der Waals surface area contributed by atoms with E-state index in [1.54, 1.807) is 11.8 Å². The molecule has 0 aliphatic rings. The summed E-state index contributed by atoms with van der Waals surface area (Å²) in [5, 5.41) is 0. The molecular weight excluding hydrogens is 146 g/mol. The molecule has 0 heterocycles. The van der Waals surface area contributed by atoms with Crippen LogP contribution < -0.4 is 4.72 Å². The summed E-state index contributed by atoms with van der Waals surface area (Å²) in [4.78, 5) is 0. The van der Waals surface area contributed by atoms with Gasteiger partial charge in [-0.2, -0.15) is 11.8 Å². The van der Waals surface area contributed by atoms with Crippen molar-refractivity contribution in [3.8, 4) is 0 Å². The highest BCUT2D eigenvalue weighted by Gasteiger charge is 1.80. The molecule has 0 fully saturated rings. The van der Waals surface area contributed by atoms with Gasteiger partial charge in [0.15, 0.2) is 0 Å². The van der Waals surface area contributed by atoms with Gasteiger partial charge >= 0.3 is 0 Å². The minimum atomic E-state index is -2.08. The zero-order valence-electron chi connectivity index (χ0n) is 4.55. The first kappa shape index (κ1) is 8.42. The second-order valence-electron chi connectivity index (χ2n) is 1.12. The Morgan fingerprint density at radius 2 is 2.50 bits per heavy atom. The van der Waals surface area contributed by atoms with Gasteiger partial charge in [0.25, 0.3) is 0 Å². The molecular formula is C3H8NO2S2-. The first-order chi connectivity index (χ1) is 3.77. The summed E-state index contributed by atoms with van der Waals surface area (Å²) in [5.74, 6) is 0.827. The van der Waals surface area contributed by atoms with Crippen LogP contribution in [-0.4, -0.2) is 27.3 Å². The van der Waals surface area contributed by atoms with Crippen LogP contribution >= 0.6 is 11.8 Å². The highest BCUT2D eigenvalue weighted by molar-refractivity contribution is 7.98. The molecule has 0 aliphatic heterocycles. The summed E-state index contributed by atoms with van der Waals surface area (Å²) in [6.45, 7) is 0.525. The van der Waals surface area contributed by atoms with E-state index in [0.717, 1.165) is 5.75 Å². The number of thioether (sulfide) groups is 1. The normalized spacial score (nSPS) is 13.8. The predicted octanol–water partition coefficient (Wildman–Crippen LogP) is -0.267. The maximum atomic E-state index is 9.75. The lowest BCUT2D eigenvalue weighted by atomic mass is 10.8. The Balaban J connectivity index is 2.82. The zero-order chi connectivity index (χ0) is 6.41. The van der Waals surface area contributed by atoms with E-state index < -0.39 is 11.3 Å². The standard InChI is InChI=1S/C3H9NO2S2/c1-7-3-2-4-8(5)6/h4H,2-3H2,1H3,(H,5,6)/p-1. The van der Waals surface area contributed by atoms with Crippen LogP contribution in [0.2, 0.25) is 0 Å². The Bertz CT molecular complexity index is 77.7. The largest absolute Gasteiger partial charge is 0.760 e. The smallest absolute Gasteiger partial charge is 0.0181 e. The van der Waals surface area contributed by atoms with Crippen molar-refractivity contribution in [1.82, 2.24) is 4.72 Å². The summed E-state index contributed by atoms with van der Waals surface area (Å²) in [7, 11) is 0. The van der Waals surface area contributed by atoms with E-state index in [2.05, 4.69) is 4.72 Å². The fourth-order valence-electron chi connectivity index (χ4n) is 0.227. The van der Waals surface area contributed by atoms with Gasteiger partial charge in [-0.3, -0.25) is 4.21 Å². The van der Waals surface area contributed by atoms with Crippen molar-refractivity contribution in [3.05, 3.63) is 0 Å². The SMILES string of the molecule is CSCCNS(=O)[O-]. The van der Waals surface area contributed by atoms with Gasteiger partial charge in [0.05, 0.1) is 0 Å². The molecule has 0 spiro atoms. The number of hydrogen-bond donors (Lipinski definition) is 1. The first-order valence-electron chi connectivity index (χ1n) is 2.09. The molecule has 0 amide bonds. The Morgan fingerprint density at radius 3 is 2.88 bits per heavy atom. The topological polar surface area (TPSA) is 52.2 Å². The van der Waals surface area contributed by atoms with Crippen LogP contribution in [0.5, 0.6) is 0 Å². The van der Waals surface area contributed by atoms with Crippen LogP contribution in [0, 0.1) is 0 Å². The Morgan fingerprint density at radius 1 is 1.88 bits per heavy atom. The average molecular weight is 154 g/mol. The predicted molar refractivity (Wildman–Crippen MR) is 35.3 cm³/mol. The number of rotatable bonds is 4. The lowest BCUT2D eigenvalue weighted by molar-refractivity contribution is 0.525. The van der Waals surface area contributed by atoms with Gasteiger partial charge in [0.2, 0.25) is 0 Å². The third kappa shape index (κ3) is 6.42. The van der Waals surface area contributed by atoms with Gasteiger partial charge in [-0.1, -0.05) is 0 Å². The second kappa shape index (κ2) is 5.55. The van der Waals surface area contributed by atoms with Crippen LogP contribution in [-0.2, 0) is 11.3 Å². The molecule has 50 valence electrons. The third-order valence-electron chi connectivity index (χ3n) is 0.526. The van der Waals surface area contributed by atoms with Crippen molar-refractivity contribution in [1.29, 1.82) is 0 Å². The molecule has 8 heavy (non-hydrogen) atoms. The second-order valence-corrected chi connectivity index (χ2v) is 2.87. The molecule has 0 aromatic carbocycles. The number of hydrogen-bond acceptors (Lipinski definition) is 3. The summed E-state index contributed by atoms with van der Waals surface area (Å²) in [6, 6.07) is 0. The molecule has 0 saturated carbocycles. The quantitative estimate of drug-likeness (QED) is 0.448. The molecule has 5 heteroatoms. The summed E-state index contributed by atoms with van der Waals surface area (Å²) in [6.07, 6.45) is 1.93. The van der Waals surface area contributed by atoms with Gasteiger partial charge in [0.1, 0.15) is 0 Å². The van der Waals surface area contributed by atoms with Gasteiger partial charge in [-0.05, 0) is 6.26 Å². The van der Waals surface area contributed by atoms with E-state index in [1.807, 2.05) is 6.26 Å². The van der Waals surface area contributed by atoms with Crippen molar-refractivity contribution >= 4 is 23.0 Å². The average Bonchev–Trinajstić information content (AvgIpc) is 1.66. The minimum absolute atomic E-state index is 0.525. The fourth-order valence-corrected chi connectivity index (χ4v) is 0.931. The van der Waals surface area contributed by atoms with E-state index in [4.69, 9.17) is 0 Å². The molecule has 0 rings (SSSR count). The highest BCUT2D eigenvalue weighted by atomic mass is 32.2. The van der Waals surface area contributed by atoms with Crippen molar-refractivity contribution < 1.29 is 8.76 Å². The lowest BCUT2D eigenvalue weighted by Crippen LogP contribution is -2.18. The van der Waals surface area contributed by atoms with Gasteiger partial charge in [-0.25, -0.2) is 4.72 Å². The maximum Gasteiger partial charge on any atom is 0.0181 e. The van der Waals surface area contributed by atoms with Crippen LogP contribution in [0.4, 0.5) is 0 Å². The van der Waals surface area contributed by atoms with Crippen LogP contribution in [0.1, 0.15) is 0 Å². The van der Waals surface area contributed by atoms with E-state index in [0.29, 0.717) is 6.54 Å². The Kier molecular flexibility index (Phi) is 5.85. The van der Waals surface area contributed by atoms with E-state index in [-0.39, 0.29) is 0 Å². The molecule has 1 N–H and O–H groups in total. The van der Waals surface area contributed by atoms with Crippen LogP contribution in [0.25, 0.3) is 0 Å². The Labute approximate surface area is 55.7 Å². The van der Waals surface area contributed by atoms with Gasteiger partial charge in [0, 0.05) is 23.6 Å². The van der Waals surface area contributed by atoms with Crippen molar-refractivity contribution in [3.63, 3.8) is 0 Å². The molecule has 1 atom stereocenters. The van der Waals surface area contributed by atoms with Crippen molar-refractivity contribution in [2.24, 2.45) is 0 Å². The minimum Gasteiger partial charge on any atom is -0.760 e. The summed E-state index contributed by atoms with van der Waals surface area (Å²) in [5.41, 5.74) is 0. The number of nitrogens with one attached hydrogen (secondary N) is 1. The monoisotopic (exact) mass is 154 g/mol. The molecule has 0 aromatic rings. The third-order valence-corrected chi connectivity index (χ3v) is 1.58. The molecule has 0 aliphatic carbocycles. The van der Waals surface area contributed by atoms with Gasteiger partial charge in [-0.15, -0.1) is 0 Å². The highest BCUT2D eigenvalue weighted by Crippen LogP contribution is 1.86. The fraction of sp³-hybridized carbons (Fsp3) is 1.00. The van der Waals surface area contributed by atoms with E-state index in [9.17, 15) is 8.76 Å². The molecule has 1 unspecified atom stereocenters. The van der Waals surface area contributed by atoms with Crippen molar-refractivity contribution in [2.75, 3.05) is 18.6 Å². The summed E-state index contributed by atoms with van der Waals surface area (Å²) < 4.78 is 21.7.